The maximum absolute atomic E-state index is 16.0. The predicted octanol–water partition coefficient (Wildman–Crippen LogP) is 3.66. The summed E-state index contributed by atoms with van der Waals surface area (Å²) in [5.41, 5.74) is 9.93. The number of nitrogens with two attached hydrogens (primary N) is 1. The average Bonchev–Trinajstić information content (AvgIpc) is 3.21. The minimum Gasteiger partial charge on any atom is -0.367 e. The van der Waals surface area contributed by atoms with Crippen LogP contribution in [0.5, 0.6) is 0 Å². The zero-order chi connectivity index (χ0) is 24.7. The Labute approximate surface area is 204 Å². The van der Waals surface area contributed by atoms with Crippen molar-refractivity contribution in [1.29, 1.82) is 0 Å². The van der Waals surface area contributed by atoms with E-state index in [4.69, 9.17) is 5.73 Å². The predicted molar refractivity (Wildman–Crippen MR) is 138 cm³/mol. The molecule has 35 heavy (non-hydrogen) atoms. The van der Waals surface area contributed by atoms with Gasteiger partial charge in [-0.1, -0.05) is 24.3 Å². The maximum atomic E-state index is 16.0. The van der Waals surface area contributed by atoms with Gasteiger partial charge in [0.15, 0.2) is 15.7 Å². The Morgan fingerprint density at radius 2 is 1.63 bits per heavy atom. The summed E-state index contributed by atoms with van der Waals surface area (Å²) in [5.74, 6) is -0.314. The zero-order valence-corrected chi connectivity index (χ0v) is 20.6. The zero-order valence-electron chi connectivity index (χ0n) is 19.8. The first kappa shape index (κ1) is 23.3. The molecule has 0 atom stereocenters. The minimum absolute atomic E-state index is 0.314. The first-order valence-electron chi connectivity index (χ1n) is 11.5. The molecule has 1 fully saturated rings. The van der Waals surface area contributed by atoms with Gasteiger partial charge in [0.25, 0.3) is 0 Å². The van der Waals surface area contributed by atoms with E-state index in [-0.39, 0.29) is 5.82 Å². The number of aryl methyl sites for hydroxylation is 1. The molecule has 0 saturated carbocycles. The number of piperazine rings is 1. The fourth-order valence-electron chi connectivity index (χ4n) is 4.77. The lowest BCUT2D eigenvalue weighted by molar-refractivity contribution is 0.594. The second kappa shape index (κ2) is 8.98. The molecule has 1 aromatic heterocycles. The van der Waals surface area contributed by atoms with Gasteiger partial charge in [0.05, 0.1) is 27.7 Å². The molecule has 0 spiro atoms. The number of aromatic nitrogens is 2. The van der Waals surface area contributed by atoms with Crippen LogP contribution in [0, 0.1) is 12.7 Å². The van der Waals surface area contributed by atoms with E-state index >= 15 is 4.39 Å². The summed E-state index contributed by atoms with van der Waals surface area (Å²) in [6, 6.07) is 18.4. The van der Waals surface area contributed by atoms with Gasteiger partial charge in [-0.3, -0.25) is 0 Å². The number of fused-ring (bicyclic) bond motifs is 1. The molecule has 4 aromatic rings. The molecule has 0 amide bonds. The van der Waals surface area contributed by atoms with Crippen LogP contribution in [0.15, 0.2) is 65.6 Å². The lowest BCUT2D eigenvalue weighted by atomic mass is 10.1. The number of para-hydroxylation sites is 1. The molecule has 2 heterocycles. The molecule has 0 unspecified atom stereocenters. The first-order chi connectivity index (χ1) is 16.8. The van der Waals surface area contributed by atoms with Crippen molar-refractivity contribution in [3.05, 3.63) is 77.7 Å². The van der Waals surface area contributed by atoms with Crippen LogP contribution in [0.4, 0.5) is 15.8 Å². The summed E-state index contributed by atoms with van der Waals surface area (Å²) in [4.78, 5) is 4.38. The van der Waals surface area contributed by atoms with E-state index in [2.05, 4.69) is 10.00 Å². The third-order valence-corrected chi connectivity index (χ3v) is 7.71. The maximum Gasteiger partial charge on any atom is 0.177 e. The van der Waals surface area contributed by atoms with E-state index in [1.165, 1.54) is 6.26 Å². The van der Waals surface area contributed by atoms with Crippen LogP contribution in [0.2, 0.25) is 0 Å². The molecule has 1 aliphatic heterocycles. The number of hydrogen-bond donors (Lipinski definition) is 1. The third-order valence-electron chi connectivity index (χ3n) is 6.56. The fourth-order valence-corrected chi connectivity index (χ4v) is 5.68. The number of halogens is 1. The van der Waals surface area contributed by atoms with E-state index in [1.807, 2.05) is 60.4 Å². The Morgan fingerprint density at radius 3 is 2.31 bits per heavy atom. The smallest absolute Gasteiger partial charge is 0.177 e. The van der Waals surface area contributed by atoms with Gasteiger partial charge < -0.3 is 15.5 Å². The number of hydrogen-bond acceptors (Lipinski definition) is 6. The molecule has 1 aliphatic rings. The largest absolute Gasteiger partial charge is 0.367 e. The summed E-state index contributed by atoms with van der Waals surface area (Å²) >= 11 is 0. The Kier molecular flexibility index (Phi) is 5.98. The quantitative estimate of drug-likeness (QED) is 0.457. The number of benzene rings is 3. The molecule has 0 radical (unpaired) electrons. The highest BCUT2D eigenvalue weighted by molar-refractivity contribution is 7.90. The molecule has 7 nitrogen and oxygen atoms in total. The molecule has 1 saturated heterocycles. The second-order valence-electron chi connectivity index (χ2n) is 8.88. The Bertz CT molecular complexity index is 1510. The molecule has 5 rings (SSSR count). The number of rotatable bonds is 5. The van der Waals surface area contributed by atoms with E-state index in [1.54, 1.807) is 16.8 Å². The normalized spacial score (nSPS) is 14.6. The van der Waals surface area contributed by atoms with Crippen molar-refractivity contribution in [2.75, 3.05) is 42.2 Å². The second-order valence-corrected chi connectivity index (χ2v) is 10.9. The van der Waals surface area contributed by atoms with Gasteiger partial charge in [0.1, 0.15) is 5.52 Å². The van der Waals surface area contributed by atoms with Crippen LogP contribution in [0.3, 0.4) is 0 Å². The monoisotopic (exact) mass is 493 g/mol. The van der Waals surface area contributed by atoms with Gasteiger partial charge in [-0.05, 0) is 48.9 Å². The van der Waals surface area contributed by atoms with Crippen molar-refractivity contribution >= 4 is 32.1 Å². The van der Waals surface area contributed by atoms with E-state index in [0.717, 1.165) is 22.3 Å². The Morgan fingerprint density at radius 1 is 0.943 bits per heavy atom. The molecule has 182 valence electrons. The Hall–Kier alpha value is -3.43. The van der Waals surface area contributed by atoms with Crippen molar-refractivity contribution in [1.82, 2.24) is 9.78 Å². The fraction of sp³-hybridized carbons (Fsp3) is 0.269. The standard InChI is InChI=1S/C26H28FN5O2S/c1-18-21-10-11-23(25(27)26(21)32(29-18)20-7-5-6-19(16-20)17-28)31-14-12-30(13-15-31)22-8-3-4-9-24(22)35(2,33)34/h3-11,16H,12-15,17,28H2,1-2H3. The summed E-state index contributed by atoms with van der Waals surface area (Å²) < 4.78 is 42.2. The summed E-state index contributed by atoms with van der Waals surface area (Å²) in [7, 11) is -3.35. The van der Waals surface area contributed by atoms with Gasteiger partial charge >= 0.3 is 0 Å². The number of anilines is 2. The lowest BCUT2D eigenvalue weighted by Gasteiger charge is -2.38. The van der Waals surface area contributed by atoms with Gasteiger partial charge in [0.2, 0.25) is 0 Å². The molecule has 0 bridgehead atoms. The van der Waals surface area contributed by atoms with Gasteiger partial charge in [0, 0.05) is 44.4 Å². The van der Waals surface area contributed by atoms with Crippen LogP contribution in [0.1, 0.15) is 11.3 Å². The highest BCUT2D eigenvalue weighted by Crippen LogP contribution is 2.33. The lowest BCUT2D eigenvalue weighted by Crippen LogP contribution is -2.47. The van der Waals surface area contributed by atoms with Gasteiger partial charge in [-0.25, -0.2) is 17.5 Å². The number of nitrogens with zero attached hydrogens (tertiary/aromatic N) is 4. The first-order valence-corrected chi connectivity index (χ1v) is 13.4. The van der Waals surface area contributed by atoms with E-state index in [9.17, 15) is 8.42 Å². The van der Waals surface area contributed by atoms with Crippen LogP contribution in [-0.4, -0.2) is 50.6 Å². The molecule has 9 heteroatoms. The molecule has 2 N–H and O–H groups in total. The summed E-state index contributed by atoms with van der Waals surface area (Å²) in [5, 5.41) is 5.39. The van der Waals surface area contributed by atoms with Crippen molar-refractivity contribution in [3.8, 4) is 5.69 Å². The summed E-state index contributed by atoms with van der Waals surface area (Å²) in [6.45, 7) is 4.57. The average molecular weight is 494 g/mol. The molecular weight excluding hydrogens is 465 g/mol. The molecular formula is C26H28FN5O2S. The van der Waals surface area contributed by atoms with Crippen LogP contribution < -0.4 is 15.5 Å². The van der Waals surface area contributed by atoms with Crippen molar-refractivity contribution in [2.45, 2.75) is 18.4 Å². The van der Waals surface area contributed by atoms with Gasteiger partial charge in [-0.15, -0.1) is 0 Å². The SMILES string of the molecule is Cc1nn(-c2cccc(CN)c2)c2c(F)c(N3CCN(c4ccccc4S(C)(=O)=O)CC3)ccc12. The highest BCUT2D eigenvalue weighted by Gasteiger charge is 2.25. The van der Waals surface area contributed by atoms with Crippen LogP contribution >= 0.6 is 0 Å². The third kappa shape index (κ3) is 4.26. The molecule has 0 aliphatic carbocycles. The van der Waals surface area contributed by atoms with Gasteiger partial charge in [-0.2, -0.15) is 5.10 Å². The van der Waals surface area contributed by atoms with Crippen LogP contribution in [-0.2, 0) is 16.4 Å². The topological polar surface area (TPSA) is 84.5 Å². The highest BCUT2D eigenvalue weighted by atomic mass is 32.2. The van der Waals surface area contributed by atoms with Crippen molar-refractivity contribution in [2.24, 2.45) is 5.73 Å². The van der Waals surface area contributed by atoms with Crippen LogP contribution in [0.25, 0.3) is 16.6 Å². The molecule has 3 aromatic carbocycles. The Balaban J connectivity index is 1.47. The summed E-state index contributed by atoms with van der Waals surface area (Å²) in [6.07, 6.45) is 1.22. The van der Waals surface area contributed by atoms with E-state index in [0.29, 0.717) is 54.5 Å². The minimum atomic E-state index is -3.35. The van der Waals surface area contributed by atoms with E-state index < -0.39 is 9.84 Å². The number of sulfone groups is 1. The van der Waals surface area contributed by atoms with Crippen molar-refractivity contribution < 1.29 is 12.8 Å². The van der Waals surface area contributed by atoms with Crippen molar-refractivity contribution in [3.63, 3.8) is 0 Å².